The summed E-state index contributed by atoms with van der Waals surface area (Å²) in [4.78, 5) is 17.4. The summed E-state index contributed by atoms with van der Waals surface area (Å²) in [7, 11) is 0. The number of nitrogens with zero attached hydrogens (tertiary/aromatic N) is 2. The molecular formula is C23H26F2N2O. The highest BCUT2D eigenvalue weighted by molar-refractivity contribution is 5.91. The Morgan fingerprint density at radius 3 is 2.32 bits per heavy atom. The third kappa shape index (κ3) is 3.12. The van der Waals surface area contributed by atoms with E-state index in [9.17, 15) is 13.6 Å². The van der Waals surface area contributed by atoms with Crippen LogP contribution in [0.4, 0.5) is 8.78 Å². The highest BCUT2D eigenvalue weighted by Gasteiger charge is 2.61. The van der Waals surface area contributed by atoms with Gasteiger partial charge in [0.1, 0.15) is 0 Å². The molecular weight excluding hydrogens is 358 g/mol. The molecule has 2 aromatic rings. The normalized spacial score (nSPS) is 22.0. The first-order valence-electron chi connectivity index (χ1n) is 9.96. The predicted molar refractivity (Wildman–Crippen MR) is 104 cm³/mol. The van der Waals surface area contributed by atoms with Crippen molar-refractivity contribution in [2.75, 3.05) is 13.1 Å². The lowest BCUT2D eigenvalue weighted by Gasteiger charge is -2.60. The molecule has 2 heterocycles. The predicted octanol–water partition coefficient (Wildman–Crippen LogP) is 4.54. The molecule has 1 amide bonds. The van der Waals surface area contributed by atoms with Crippen LogP contribution in [-0.2, 0) is 11.3 Å². The van der Waals surface area contributed by atoms with Crippen LogP contribution in [0, 0.1) is 17.0 Å². The van der Waals surface area contributed by atoms with E-state index >= 15 is 0 Å². The summed E-state index contributed by atoms with van der Waals surface area (Å²) < 4.78 is 26.6. The number of carbonyl (C=O) groups excluding carboxylic acids is 1. The van der Waals surface area contributed by atoms with E-state index in [4.69, 9.17) is 0 Å². The van der Waals surface area contributed by atoms with Crippen molar-refractivity contribution >= 4 is 5.91 Å². The number of likely N-dealkylation sites (tertiary alicyclic amines) is 2. The minimum absolute atomic E-state index is 0.117. The molecule has 148 valence electrons. The number of halogens is 2. The maximum atomic E-state index is 13.5. The van der Waals surface area contributed by atoms with Gasteiger partial charge in [-0.25, -0.2) is 8.78 Å². The van der Waals surface area contributed by atoms with Crippen LogP contribution in [0.15, 0.2) is 48.5 Å². The molecule has 2 aliphatic heterocycles. The standard InChI is InChI=1S/C23H26F2N2O/c1-16(2)27-21(18-6-4-3-5-7-18)23(22(27)28)10-12-26(13-11-23)15-17-8-9-19(24)20(25)14-17/h3-9,14,16,21H,10-13,15H2,1-2H3. The van der Waals surface area contributed by atoms with Crippen molar-refractivity contribution in [1.82, 2.24) is 9.80 Å². The first-order chi connectivity index (χ1) is 13.4. The summed E-state index contributed by atoms with van der Waals surface area (Å²) in [5, 5.41) is 0. The van der Waals surface area contributed by atoms with Gasteiger partial charge in [0.25, 0.3) is 0 Å². The van der Waals surface area contributed by atoms with Crippen LogP contribution in [0.3, 0.4) is 0 Å². The summed E-state index contributed by atoms with van der Waals surface area (Å²) in [6, 6.07) is 14.6. The summed E-state index contributed by atoms with van der Waals surface area (Å²) >= 11 is 0. The van der Waals surface area contributed by atoms with Crippen LogP contribution in [-0.4, -0.2) is 34.8 Å². The number of rotatable bonds is 4. The fourth-order valence-corrected chi connectivity index (χ4v) is 4.83. The maximum Gasteiger partial charge on any atom is 0.232 e. The first-order valence-corrected chi connectivity index (χ1v) is 9.96. The van der Waals surface area contributed by atoms with Gasteiger partial charge in [0.05, 0.1) is 11.5 Å². The molecule has 28 heavy (non-hydrogen) atoms. The zero-order chi connectivity index (χ0) is 19.9. The highest BCUT2D eigenvalue weighted by Crippen LogP contribution is 2.56. The van der Waals surface area contributed by atoms with E-state index in [1.54, 1.807) is 6.07 Å². The van der Waals surface area contributed by atoms with E-state index in [-0.39, 0.29) is 23.4 Å². The quantitative estimate of drug-likeness (QED) is 0.723. The lowest BCUT2D eigenvalue weighted by atomic mass is 9.61. The van der Waals surface area contributed by atoms with Crippen molar-refractivity contribution in [1.29, 1.82) is 0 Å². The minimum Gasteiger partial charge on any atom is -0.332 e. The number of carbonyl (C=O) groups is 1. The van der Waals surface area contributed by atoms with E-state index in [2.05, 4.69) is 30.9 Å². The summed E-state index contributed by atoms with van der Waals surface area (Å²) in [6.07, 6.45) is 1.58. The molecule has 3 nitrogen and oxygen atoms in total. The second-order valence-electron chi connectivity index (χ2n) is 8.30. The van der Waals surface area contributed by atoms with Gasteiger partial charge in [-0.3, -0.25) is 9.69 Å². The Kier molecular flexibility index (Phi) is 4.96. The zero-order valence-corrected chi connectivity index (χ0v) is 16.4. The molecule has 0 aliphatic carbocycles. The Hall–Kier alpha value is -2.27. The Morgan fingerprint density at radius 2 is 1.71 bits per heavy atom. The molecule has 2 fully saturated rings. The van der Waals surface area contributed by atoms with Gasteiger partial charge in [-0.05, 0) is 63.0 Å². The van der Waals surface area contributed by atoms with Gasteiger partial charge < -0.3 is 4.90 Å². The van der Waals surface area contributed by atoms with Crippen LogP contribution in [0.25, 0.3) is 0 Å². The van der Waals surface area contributed by atoms with Gasteiger partial charge in [0.15, 0.2) is 11.6 Å². The van der Waals surface area contributed by atoms with Gasteiger partial charge in [-0.1, -0.05) is 36.4 Å². The number of piperidine rings is 1. The molecule has 5 heteroatoms. The highest BCUT2D eigenvalue weighted by atomic mass is 19.2. The molecule has 1 atom stereocenters. The Labute approximate surface area is 165 Å². The lowest BCUT2D eigenvalue weighted by Crippen LogP contribution is -2.67. The van der Waals surface area contributed by atoms with Gasteiger partial charge in [0.2, 0.25) is 5.91 Å². The van der Waals surface area contributed by atoms with E-state index in [1.165, 1.54) is 17.7 Å². The number of benzene rings is 2. The van der Waals surface area contributed by atoms with Crippen molar-refractivity contribution in [3.05, 3.63) is 71.3 Å². The minimum atomic E-state index is -0.819. The maximum absolute atomic E-state index is 13.5. The third-order valence-electron chi connectivity index (χ3n) is 6.27. The molecule has 0 N–H and O–H groups in total. The van der Waals surface area contributed by atoms with E-state index in [0.29, 0.717) is 6.54 Å². The van der Waals surface area contributed by atoms with Crippen LogP contribution in [0.2, 0.25) is 0 Å². The fraction of sp³-hybridized carbons (Fsp3) is 0.435. The SMILES string of the molecule is CC(C)N1C(=O)C2(CCN(Cc3ccc(F)c(F)c3)CC2)C1c1ccccc1. The van der Waals surface area contributed by atoms with Gasteiger partial charge >= 0.3 is 0 Å². The Balaban J connectivity index is 1.50. The molecule has 1 spiro atoms. The summed E-state index contributed by atoms with van der Waals surface area (Å²) in [5.41, 5.74) is 1.62. The van der Waals surface area contributed by atoms with E-state index in [0.717, 1.165) is 31.5 Å². The van der Waals surface area contributed by atoms with Gasteiger partial charge in [-0.15, -0.1) is 0 Å². The van der Waals surface area contributed by atoms with Crippen molar-refractivity contribution in [3.8, 4) is 0 Å². The molecule has 0 bridgehead atoms. The average molecular weight is 384 g/mol. The van der Waals surface area contributed by atoms with Crippen molar-refractivity contribution in [3.63, 3.8) is 0 Å². The van der Waals surface area contributed by atoms with Crippen molar-refractivity contribution in [2.24, 2.45) is 5.41 Å². The lowest BCUT2D eigenvalue weighted by molar-refractivity contribution is -0.185. The summed E-state index contributed by atoms with van der Waals surface area (Å²) in [5.74, 6) is -1.37. The smallest absolute Gasteiger partial charge is 0.232 e. The third-order valence-corrected chi connectivity index (χ3v) is 6.27. The molecule has 2 saturated heterocycles. The van der Waals surface area contributed by atoms with Crippen LogP contribution in [0.5, 0.6) is 0 Å². The molecule has 2 aliphatic rings. The monoisotopic (exact) mass is 384 g/mol. The molecule has 0 aromatic heterocycles. The van der Waals surface area contributed by atoms with Crippen LogP contribution >= 0.6 is 0 Å². The first kappa shape index (κ1) is 19.1. The second-order valence-corrected chi connectivity index (χ2v) is 8.30. The van der Waals surface area contributed by atoms with Crippen LogP contribution < -0.4 is 0 Å². The van der Waals surface area contributed by atoms with Gasteiger partial charge in [0, 0.05) is 12.6 Å². The number of hydrogen-bond donors (Lipinski definition) is 0. The fourth-order valence-electron chi connectivity index (χ4n) is 4.83. The molecule has 4 rings (SSSR count). The average Bonchev–Trinajstić information content (AvgIpc) is 2.69. The number of hydrogen-bond acceptors (Lipinski definition) is 2. The molecule has 0 radical (unpaired) electrons. The number of β-lactam (4-membered cyclic amide) rings is 1. The summed E-state index contributed by atoms with van der Waals surface area (Å²) in [6.45, 7) is 6.27. The largest absolute Gasteiger partial charge is 0.332 e. The molecule has 0 saturated carbocycles. The van der Waals surface area contributed by atoms with Crippen molar-refractivity contribution in [2.45, 2.75) is 45.3 Å². The molecule has 1 unspecified atom stereocenters. The number of amides is 1. The molecule has 2 aromatic carbocycles. The Morgan fingerprint density at radius 1 is 1.04 bits per heavy atom. The topological polar surface area (TPSA) is 23.6 Å². The van der Waals surface area contributed by atoms with E-state index < -0.39 is 11.6 Å². The Bertz CT molecular complexity index is 860. The zero-order valence-electron chi connectivity index (χ0n) is 16.4. The van der Waals surface area contributed by atoms with Crippen molar-refractivity contribution < 1.29 is 13.6 Å². The van der Waals surface area contributed by atoms with Gasteiger partial charge in [-0.2, -0.15) is 0 Å². The van der Waals surface area contributed by atoms with E-state index in [1.807, 2.05) is 23.1 Å². The second kappa shape index (κ2) is 7.28. The van der Waals surface area contributed by atoms with Crippen LogP contribution in [0.1, 0.15) is 43.9 Å².